The number of nitrogens with zero attached hydrogens (tertiary/aromatic N) is 2. The maximum absolute atomic E-state index is 12.3. The molecule has 1 fully saturated rings. The number of hydrogen-bond donors (Lipinski definition) is 1. The molecule has 102 valence electrons. The summed E-state index contributed by atoms with van der Waals surface area (Å²) < 4.78 is 4.94. The van der Waals surface area contributed by atoms with Crippen LogP contribution < -0.4 is 5.73 Å². The molecular formula is C12H20ClN3O2. The third-order valence-corrected chi connectivity index (χ3v) is 3.26. The molecule has 2 N–H and O–H groups in total. The Morgan fingerprint density at radius 3 is 2.89 bits per heavy atom. The van der Waals surface area contributed by atoms with Crippen molar-refractivity contribution >= 4 is 18.3 Å². The summed E-state index contributed by atoms with van der Waals surface area (Å²) in [6, 6.07) is 1.79. The lowest BCUT2D eigenvalue weighted by Crippen LogP contribution is -2.51. The van der Waals surface area contributed by atoms with Crippen molar-refractivity contribution in [2.45, 2.75) is 45.2 Å². The minimum Gasteiger partial charge on any atom is -0.361 e. The van der Waals surface area contributed by atoms with Crippen LogP contribution in [0.3, 0.4) is 0 Å². The Hall–Kier alpha value is -1.07. The van der Waals surface area contributed by atoms with E-state index in [-0.39, 0.29) is 30.4 Å². The predicted molar refractivity (Wildman–Crippen MR) is 70.8 cm³/mol. The van der Waals surface area contributed by atoms with Gasteiger partial charge in [0.15, 0.2) is 5.69 Å². The molecule has 18 heavy (non-hydrogen) atoms. The molecule has 2 unspecified atom stereocenters. The van der Waals surface area contributed by atoms with Crippen molar-refractivity contribution in [1.29, 1.82) is 0 Å². The van der Waals surface area contributed by atoms with E-state index < -0.39 is 0 Å². The Balaban J connectivity index is 0.00000162. The molecule has 0 saturated carbocycles. The van der Waals surface area contributed by atoms with E-state index in [1.165, 1.54) is 0 Å². The molecule has 0 aromatic carbocycles. The average Bonchev–Trinajstić information content (AvgIpc) is 2.75. The first-order valence-corrected chi connectivity index (χ1v) is 6.09. The molecule has 1 saturated heterocycles. The van der Waals surface area contributed by atoms with E-state index >= 15 is 0 Å². The number of aromatic nitrogens is 1. The Labute approximate surface area is 113 Å². The Bertz CT molecular complexity index is 406. The average molecular weight is 274 g/mol. The molecule has 1 amide bonds. The van der Waals surface area contributed by atoms with Gasteiger partial charge in [-0.15, -0.1) is 12.4 Å². The van der Waals surface area contributed by atoms with Gasteiger partial charge < -0.3 is 15.2 Å². The van der Waals surface area contributed by atoms with Gasteiger partial charge in [-0.1, -0.05) is 5.16 Å². The molecule has 2 rings (SSSR count). The maximum Gasteiger partial charge on any atom is 0.276 e. The van der Waals surface area contributed by atoms with Gasteiger partial charge in [0.05, 0.1) is 0 Å². The summed E-state index contributed by atoms with van der Waals surface area (Å²) in [6.07, 6.45) is 3.14. The molecule has 2 atom stereocenters. The largest absolute Gasteiger partial charge is 0.361 e. The van der Waals surface area contributed by atoms with Gasteiger partial charge in [0, 0.05) is 24.7 Å². The van der Waals surface area contributed by atoms with Crippen LogP contribution in [0.25, 0.3) is 0 Å². The van der Waals surface area contributed by atoms with Crippen molar-refractivity contribution in [3.05, 3.63) is 17.5 Å². The number of aryl methyl sites for hydroxylation is 1. The molecule has 2 heterocycles. The van der Waals surface area contributed by atoms with Crippen molar-refractivity contribution < 1.29 is 9.32 Å². The summed E-state index contributed by atoms with van der Waals surface area (Å²) in [5.41, 5.74) is 6.33. The second kappa shape index (κ2) is 6.20. The number of rotatable bonds is 2. The lowest BCUT2D eigenvalue weighted by molar-refractivity contribution is 0.0573. The highest BCUT2D eigenvalue weighted by Crippen LogP contribution is 2.21. The van der Waals surface area contributed by atoms with Crippen molar-refractivity contribution in [2.75, 3.05) is 6.54 Å². The highest BCUT2D eigenvalue weighted by molar-refractivity contribution is 5.92. The number of carbonyl (C=O) groups excluding carboxylic acids is 1. The molecule has 0 aliphatic carbocycles. The van der Waals surface area contributed by atoms with Crippen LogP contribution in [0.2, 0.25) is 0 Å². The van der Waals surface area contributed by atoms with Gasteiger partial charge in [-0.05, 0) is 33.1 Å². The number of carbonyl (C=O) groups is 1. The summed E-state index contributed by atoms with van der Waals surface area (Å²) in [7, 11) is 0. The van der Waals surface area contributed by atoms with Crippen molar-refractivity contribution in [2.24, 2.45) is 5.73 Å². The topological polar surface area (TPSA) is 72.4 Å². The fourth-order valence-electron chi connectivity index (χ4n) is 2.37. The third kappa shape index (κ3) is 3.03. The van der Waals surface area contributed by atoms with Gasteiger partial charge in [0.1, 0.15) is 5.76 Å². The minimum atomic E-state index is -0.0659. The molecular weight excluding hydrogens is 254 g/mol. The van der Waals surface area contributed by atoms with Crippen LogP contribution in [-0.2, 0) is 0 Å². The highest BCUT2D eigenvalue weighted by Gasteiger charge is 2.31. The zero-order valence-electron chi connectivity index (χ0n) is 10.8. The molecule has 1 aromatic rings. The molecule has 5 nitrogen and oxygen atoms in total. The first kappa shape index (κ1) is 15.0. The van der Waals surface area contributed by atoms with E-state index in [9.17, 15) is 4.79 Å². The zero-order valence-corrected chi connectivity index (χ0v) is 11.6. The molecule has 0 bridgehead atoms. The van der Waals surface area contributed by atoms with Gasteiger partial charge in [0.25, 0.3) is 5.91 Å². The van der Waals surface area contributed by atoms with Crippen molar-refractivity contribution in [1.82, 2.24) is 10.1 Å². The molecule has 0 radical (unpaired) electrons. The van der Waals surface area contributed by atoms with E-state index in [0.717, 1.165) is 25.8 Å². The standard InChI is InChI=1S/C12H19N3O2.ClH/c1-8-7-10(14-17-8)12(16)15-6-4-3-5-11(15)9(2)13;/h7,9,11H,3-6,13H2,1-2H3;1H. The number of halogens is 1. The van der Waals surface area contributed by atoms with E-state index in [2.05, 4.69) is 5.16 Å². The monoisotopic (exact) mass is 273 g/mol. The summed E-state index contributed by atoms with van der Waals surface area (Å²) in [4.78, 5) is 14.1. The quantitative estimate of drug-likeness (QED) is 0.891. The summed E-state index contributed by atoms with van der Waals surface area (Å²) in [6.45, 7) is 4.49. The van der Waals surface area contributed by atoms with E-state index in [1.54, 1.807) is 13.0 Å². The smallest absolute Gasteiger partial charge is 0.276 e. The second-order valence-corrected chi connectivity index (χ2v) is 4.74. The van der Waals surface area contributed by atoms with Gasteiger partial charge in [0.2, 0.25) is 0 Å². The van der Waals surface area contributed by atoms with Crippen molar-refractivity contribution in [3.8, 4) is 0 Å². The van der Waals surface area contributed by atoms with Gasteiger partial charge in [-0.3, -0.25) is 4.79 Å². The first-order chi connectivity index (χ1) is 8.09. The van der Waals surface area contributed by atoms with Crippen LogP contribution in [0.4, 0.5) is 0 Å². The third-order valence-electron chi connectivity index (χ3n) is 3.26. The summed E-state index contributed by atoms with van der Waals surface area (Å²) >= 11 is 0. The predicted octanol–water partition coefficient (Wildman–Crippen LogP) is 1.75. The van der Waals surface area contributed by atoms with Crippen LogP contribution in [0.15, 0.2) is 10.6 Å². The van der Waals surface area contributed by atoms with Crippen LogP contribution >= 0.6 is 12.4 Å². The Kier molecular flexibility index (Phi) is 5.16. The number of piperidine rings is 1. The number of likely N-dealkylation sites (tertiary alicyclic amines) is 1. The van der Waals surface area contributed by atoms with Crippen LogP contribution in [0.1, 0.15) is 42.4 Å². The second-order valence-electron chi connectivity index (χ2n) is 4.74. The minimum absolute atomic E-state index is 0. The van der Waals surface area contributed by atoms with Crippen LogP contribution in [0, 0.1) is 6.92 Å². The first-order valence-electron chi connectivity index (χ1n) is 6.09. The zero-order chi connectivity index (χ0) is 12.4. The highest BCUT2D eigenvalue weighted by atomic mass is 35.5. The number of nitrogens with two attached hydrogens (primary N) is 1. The summed E-state index contributed by atoms with van der Waals surface area (Å²) in [5, 5.41) is 3.78. The van der Waals surface area contributed by atoms with Crippen LogP contribution in [0.5, 0.6) is 0 Å². The number of hydrogen-bond acceptors (Lipinski definition) is 4. The van der Waals surface area contributed by atoms with E-state index in [4.69, 9.17) is 10.3 Å². The lowest BCUT2D eigenvalue weighted by atomic mass is 9.96. The van der Waals surface area contributed by atoms with Gasteiger partial charge in [-0.25, -0.2) is 0 Å². The van der Waals surface area contributed by atoms with Gasteiger partial charge >= 0.3 is 0 Å². The van der Waals surface area contributed by atoms with Crippen LogP contribution in [-0.4, -0.2) is 34.6 Å². The lowest BCUT2D eigenvalue weighted by Gasteiger charge is -2.37. The Morgan fingerprint density at radius 1 is 1.61 bits per heavy atom. The van der Waals surface area contributed by atoms with Crippen molar-refractivity contribution in [3.63, 3.8) is 0 Å². The molecule has 6 heteroatoms. The number of amides is 1. The van der Waals surface area contributed by atoms with E-state index in [1.807, 2.05) is 11.8 Å². The fourth-order valence-corrected chi connectivity index (χ4v) is 2.37. The Morgan fingerprint density at radius 2 is 2.33 bits per heavy atom. The molecule has 1 aromatic heterocycles. The summed E-state index contributed by atoms with van der Waals surface area (Å²) in [5.74, 6) is 0.589. The molecule has 1 aliphatic rings. The maximum atomic E-state index is 12.3. The molecule has 0 spiro atoms. The van der Waals surface area contributed by atoms with Gasteiger partial charge in [-0.2, -0.15) is 0 Å². The normalized spacial score (nSPS) is 21.3. The fraction of sp³-hybridized carbons (Fsp3) is 0.667. The molecule has 1 aliphatic heterocycles. The van der Waals surface area contributed by atoms with E-state index in [0.29, 0.717) is 11.5 Å². The SMILES string of the molecule is Cc1cc(C(=O)N2CCCCC2C(C)N)no1.Cl.